The van der Waals surface area contributed by atoms with Crippen molar-refractivity contribution in [3.05, 3.63) is 94.5 Å². The maximum absolute atomic E-state index is 12.4. The Morgan fingerprint density at radius 1 is 1.03 bits per heavy atom. The molecule has 33 heavy (non-hydrogen) atoms. The average molecular weight is 435 g/mol. The van der Waals surface area contributed by atoms with E-state index in [1.165, 1.54) is 10.7 Å². The lowest BCUT2D eigenvalue weighted by atomic mass is 10.1. The van der Waals surface area contributed by atoms with E-state index in [2.05, 4.69) is 26.1 Å². The van der Waals surface area contributed by atoms with Gasteiger partial charge in [-0.15, -0.1) is 0 Å². The van der Waals surface area contributed by atoms with E-state index in [0.29, 0.717) is 29.3 Å². The normalized spacial score (nSPS) is 10.8. The monoisotopic (exact) mass is 435 g/mol. The number of rotatable bonds is 6. The van der Waals surface area contributed by atoms with Crippen molar-refractivity contribution in [1.29, 1.82) is 5.26 Å². The third kappa shape index (κ3) is 5.35. The summed E-state index contributed by atoms with van der Waals surface area (Å²) >= 11 is 0. The first-order chi connectivity index (χ1) is 16.0. The molecule has 0 N–H and O–H groups in total. The molecular formula is C25H21N7O. The Morgan fingerprint density at radius 3 is 2.48 bits per heavy atom. The molecule has 4 rings (SSSR count). The highest BCUT2D eigenvalue weighted by molar-refractivity contribution is 5.62. The molecule has 0 radical (unpaired) electrons. The van der Waals surface area contributed by atoms with Gasteiger partial charge in [0.25, 0.3) is 5.56 Å². The van der Waals surface area contributed by atoms with E-state index in [1.54, 1.807) is 36.9 Å². The van der Waals surface area contributed by atoms with Crippen molar-refractivity contribution in [3.63, 3.8) is 0 Å². The molecule has 4 aromatic rings. The number of nitriles is 1. The first kappa shape index (κ1) is 21.6. The molecule has 0 atom stereocenters. The summed E-state index contributed by atoms with van der Waals surface area (Å²) in [5, 5.41) is 13.5. The maximum Gasteiger partial charge on any atom is 0.267 e. The molecule has 0 saturated heterocycles. The number of nitrogens with zero attached hydrogens (tertiary/aromatic N) is 7. The summed E-state index contributed by atoms with van der Waals surface area (Å²) in [5.74, 6) is 0.576. The Morgan fingerprint density at radius 2 is 1.79 bits per heavy atom. The van der Waals surface area contributed by atoms with Crippen LogP contribution in [0.15, 0.2) is 82.8 Å². The third-order valence-electron chi connectivity index (χ3n) is 4.77. The molecule has 2 aromatic carbocycles. The summed E-state index contributed by atoms with van der Waals surface area (Å²) in [6, 6.07) is 20.1. The number of benzene rings is 2. The van der Waals surface area contributed by atoms with Crippen molar-refractivity contribution < 1.29 is 0 Å². The second-order valence-corrected chi connectivity index (χ2v) is 7.58. The van der Waals surface area contributed by atoms with Crippen LogP contribution < -0.4 is 5.56 Å². The van der Waals surface area contributed by atoms with Crippen molar-refractivity contribution in [2.75, 3.05) is 14.1 Å². The van der Waals surface area contributed by atoms with Crippen LogP contribution in [0, 0.1) is 11.3 Å². The lowest BCUT2D eigenvalue weighted by Crippen LogP contribution is -2.22. The Kier molecular flexibility index (Phi) is 6.32. The van der Waals surface area contributed by atoms with Crippen molar-refractivity contribution in [2.45, 2.75) is 6.54 Å². The van der Waals surface area contributed by atoms with Gasteiger partial charge >= 0.3 is 0 Å². The molecule has 0 unspecified atom stereocenters. The molecule has 0 amide bonds. The highest BCUT2D eigenvalue weighted by Crippen LogP contribution is 2.19. The van der Waals surface area contributed by atoms with Gasteiger partial charge in [0.05, 0.1) is 42.6 Å². The summed E-state index contributed by atoms with van der Waals surface area (Å²) in [7, 11) is 3.79. The molecule has 0 fully saturated rings. The lowest BCUT2D eigenvalue weighted by molar-refractivity contribution is 0.643. The number of hydrogen-bond acceptors (Lipinski definition) is 6. The quantitative estimate of drug-likeness (QED) is 0.339. The molecule has 0 bridgehead atoms. The standard InChI is InChI=1S/C25H21N7O/c1-31(2)17-29-22-14-27-25(28-15-22)21-5-3-4-19(12-21)16-32-24(33)11-10-23(30-32)20-8-6-18(13-26)7-9-20/h3-12,14-15,17H,16H2,1-2H3. The van der Waals surface area contributed by atoms with Crippen molar-refractivity contribution in [1.82, 2.24) is 24.6 Å². The minimum Gasteiger partial charge on any atom is -0.369 e. The lowest BCUT2D eigenvalue weighted by Gasteiger charge is -2.09. The van der Waals surface area contributed by atoms with Gasteiger partial charge in [0, 0.05) is 31.3 Å². The zero-order valence-corrected chi connectivity index (χ0v) is 18.3. The van der Waals surface area contributed by atoms with Gasteiger partial charge < -0.3 is 4.90 Å². The second kappa shape index (κ2) is 9.66. The van der Waals surface area contributed by atoms with Crippen LogP contribution in [-0.2, 0) is 6.54 Å². The highest BCUT2D eigenvalue weighted by Gasteiger charge is 2.07. The fourth-order valence-corrected chi connectivity index (χ4v) is 3.13. The second-order valence-electron chi connectivity index (χ2n) is 7.58. The van der Waals surface area contributed by atoms with E-state index in [1.807, 2.05) is 55.4 Å². The molecule has 0 aliphatic heterocycles. The molecule has 0 aliphatic rings. The Labute approximate surface area is 191 Å². The van der Waals surface area contributed by atoms with Gasteiger partial charge in [-0.25, -0.2) is 19.6 Å². The van der Waals surface area contributed by atoms with Crippen LogP contribution in [0.5, 0.6) is 0 Å². The zero-order chi connectivity index (χ0) is 23.2. The van der Waals surface area contributed by atoms with E-state index in [9.17, 15) is 4.79 Å². The average Bonchev–Trinajstić information content (AvgIpc) is 2.85. The number of aliphatic imine (C=N–C) groups is 1. The van der Waals surface area contributed by atoms with E-state index in [0.717, 1.165) is 16.7 Å². The first-order valence-corrected chi connectivity index (χ1v) is 10.2. The van der Waals surface area contributed by atoms with Crippen molar-refractivity contribution >= 4 is 12.0 Å². The molecule has 2 aromatic heterocycles. The summed E-state index contributed by atoms with van der Waals surface area (Å²) in [6.07, 6.45) is 5.03. The van der Waals surface area contributed by atoms with Gasteiger partial charge in [-0.1, -0.05) is 30.3 Å². The SMILES string of the molecule is CN(C)C=Nc1cnc(-c2cccc(Cn3nc(-c4ccc(C#N)cc4)ccc3=O)c2)nc1. The van der Waals surface area contributed by atoms with Crippen molar-refractivity contribution in [2.24, 2.45) is 4.99 Å². The molecule has 0 saturated carbocycles. The van der Waals surface area contributed by atoms with Crippen molar-refractivity contribution in [3.8, 4) is 28.7 Å². The van der Waals surface area contributed by atoms with E-state index < -0.39 is 0 Å². The Bertz CT molecular complexity index is 1380. The molecule has 8 heteroatoms. The third-order valence-corrected chi connectivity index (χ3v) is 4.77. The Hall–Kier alpha value is -4.64. The smallest absolute Gasteiger partial charge is 0.267 e. The van der Waals surface area contributed by atoms with Crippen LogP contribution in [0.1, 0.15) is 11.1 Å². The van der Waals surface area contributed by atoms with Gasteiger partial charge in [0.2, 0.25) is 0 Å². The molecule has 8 nitrogen and oxygen atoms in total. The summed E-state index contributed by atoms with van der Waals surface area (Å²) in [5.41, 5.74) is 4.28. The number of aromatic nitrogens is 4. The largest absolute Gasteiger partial charge is 0.369 e. The van der Waals surface area contributed by atoms with Crippen LogP contribution in [0.3, 0.4) is 0 Å². The van der Waals surface area contributed by atoms with E-state index >= 15 is 0 Å². The predicted octanol–water partition coefficient (Wildman–Crippen LogP) is 3.51. The topological polar surface area (TPSA) is 100 Å². The Balaban J connectivity index is 1.57. The number of hydrogen-bond donors (Lipinski definition) is 0. The minimum atomic E-state index is -0.197. The minimum absolute atomic E-state index is 0.197. The predicted molar refractivity (Wildman–Crippen MR) is 127 cm³/mol. The fourth-order valence-electron chi connectivity index (χ4n) is 3.13. The summed E-state index contributed by atoms with van der Waals surface area (Å²) in [4.78, 5) is 27.4. The van der Waals surface area contributed by atoms with Gasteiger partial charge in [0.1, 0.15) is 5.69 Å². The molecule has 0 spiro atoms. The van der Waals surface area contributed by atoms with Gasteiger partial charge in [-0.2, -0.15) is 10.4 Å². The molecule has 0 aliphatic carbocycles. The van der Waals surface area contributed by atoms with Crippen LogP contribution in [0.2, 0.25) is 0 Å². The van der Waals surface area contributed by atoms with E-state index in [4.69, 9.17) is 5.26 Å². The molecule has 162 valence electrons. The zero-order valence-electron chi connectivity index (χ0n) is 18.3. The highest BCUT2D eigenvalue weighted by atomic mass is 16.1. The van der Waals surface area contributed by atoms with Crippen LogP contribution >= 0.6 is 0 Å². The summed E-state index contributed by atoms with van der Waals surface area (Å²) < 4.78 is 1.42. The molecular weight excluding hydrogens is 414 g/mol. The molecule has 2 heterocycles. The van der Waals surface area contributed by atoms with Gasteiger partial charge in [-0.05, 0) is 29.8 Å². The summed E-state index contributed by atoms with van der Waals surface area (Å²) in [6.45, 7) is 0.308. The van der Waals surface area contributed by atoms with Crippen LogP contribution in [0.4, 0.5) is 5.69 Å². The first-order valence-electron chi connectivity index (χ1n) is 10.2. The van der Waals surface area contributed by atoms with Crippen LogP contribution in [0.25, 0.3) is 22.6 Å². The van der Waals surface area contributed by atoms with Crippen LogP contribution in [-0.4, -0.2) is 45.1 Å². The maximum atomic E-state index is 12.4. The van der Waals surface area contributed by atoms with Gasteiger partial charge in [0.15, 0.2) is 5.82 Å². The van der Waals surface area contributed by atoms with Gasteiger partial charge in [-0.3, -0.25) is 4.79 Å². The fraction of sp³-hybridized carbons (Fsp3) is 0.120. The van der Waals surface area contributed by atoms with E-state index in [-0.39, 0.29) is 5.56 Å².